The van der Waals surface area contributed by atoms with E-state index in [1.54, 1.807) is 16.2 Å². The van der Waals surface area contributed by atoms with Crippen LogP contribution in [0.2, 0.25) is 0 Å². The first kappa shape index (κ1) is 16.5. The number of thiophene rings is 1. The van der Waals surface area contributed by atoms with Gasteiger partial charge >= 0.3 is 5.97 Å². The van der Waals surface area contributed by atoms with Crippen LogP contribution in [-0.2, 0) is 20.7 Å². The Bertz CT molecular complexity index is 755. The third kappa shape index (κ3) is 3.14. The van der Waals surface area contributed by atoms with E-state index >= 15 is 0 Å². The molecule has 1 aliphatic heterocycles. The van der Waals surface area contributed by atoms with Gasteiger partial charge in [-0.15, -0.1) is 11.3 Å². The summed E-state index contributed by atoms with van der Waals surface area (Å²) < 4.78 is 10.6. The average Bonchev–Trinajstić information content (AvgIpc) is 3.07. The van der Waals surface area contributed by atoms with Gasteiger partial charge in [-0.1, -0.05) is 18.2 Å². The van der Waals surface area contributed by atoms with Crippen LogP contribution in [0.4, 0.5) is 0 Å². The zero-order chi connectivity index (χ0) is 17.1. The maximum Gasteiger partial charge on any atom is 0.333 e. The van der Waals surface area contributed by atoms with Crippen molar-refractivity contribution in [1.29, 1.82) is 0 Å². The van der Waals surface area contributed by atoms with Crippen molar-refractivity contribution in [3.63, 3.8) is 0 Å². The number of carbonyl (C=O) groups excluding carboxylic acids is 2. The summed E-state index contributed by atoms with van der Waals surface area (Å²) in [6.07, 6.45) is 0.747. The fourth-order valence-electron chi connectivity index (χ4n) is 2.89. The Hall–Kier alpha value is -2.34. The van der Waals surface area contributed by atoms with Crippen molar-refractivity contribution in [1.82, 2.24) is 4.90 Å². The van der Waals surface area contributed by atoms with Crippen molar-refractivity contribution in [2.45, 2.75) is 19.4 Å². The Morgan fingerprint density at radius 2 is 2.08 bits per heavy atom. The molecule has 0 radical (unpaired) electrons. The molecule has 0 saturated heterocycles. The number of rotatable bonds is 4. The van der Waals surface area contributed by atoms with Crippen LogP contribution in [0.25, 0.3) is 0 Å². The van der Waals surface area contributed by atoms with E-state index in [1.807, 2.05) is 42.6 Å². The summed E-state index contributed by atoms with van der Waals surface area (Å²) in [6, 6.07) is 8.74. The number of methoxy groups -OCH3 is 1. The average molecular weight is 345 g/mol. The third-order valence-corrected chi connectivity index (χ3v) is 5.15. The highest BCUT2D eigenvalue weighted by atomic mass is 32.1. The van der Waals surface area contributed by atoms with Crippen LogP contribution in [-0.4, -0.2) is 37.0 Å². The van der Waals surface area contributed by atoms with Crippen molar-refractivity contribution in [3.05, 3.63) is 51.7 Å². The van der Waals surface area contributed by atoms with E-state index in [9.17, 15) is 9.59 Å². The highest BCUT2D eigenvalue weighted by Crippen LogP contribution is 2.34. The van der Waals surface area contributed by atoms with Gasteiger partial charge in [0.25, 0.3) is 5.91 Å². The molecule has 1 atom stereocenters. The van der Waals surface area contributed by atoms with E-state index in [4.69, 9.17) is 9.47 Å². The summed E-state index contributed by atoms with van der Waals surface area (Å²) in [5, 5.41) is 1.94. The summed E-state index contributed by atoms with van der Waals surface area (Å²) in [4.78, 5) is 27.5. The molecule has 3 rings (SSSR count). The minimum atomic E-state index is -0.682. The van der Waals surface area contributed by atoms with Gasteiger partial charge in [0, 0.05) is 11.4 Å². The number of ether oxygens (including phenoxy) is 2. The lowest BCUT2D eigenvalue weighted by Crippen LogP contribution is -2.45. The predicted octanol–water partition coefficient (Wildman–Crippen LogP) is 2.73. The Balaban J connectivity index is 1.76. The zero-order valence-electron chi connectivity index (χ0n) is 13.7. The minimum Gasteiger partial charge on any atom is -0.484 e. The molecule has 0 aliphatic carbocycles. The molecule has 2 aromatic rings. The molecule has 1 unspecified atom stereocenters. The quantitative estimate of drug-likeness (QED) is 0.800. The Morgan fingerprint density at radius 1 is 1.29 bits per heavy atom. The fraction of sp³-hybridized carbons (Fsp3) is 0.333. The molecule has 1 aromatic heterocycles. The number of hydrogen-bond acceptors (Lipinski definition) is 5. The number of amides is 1. The molecular weight excluding hydrogens is 326 g/mol. The van der Waals surface area contributed by atoms with Gasteiger partial charge < -0.3 is 14.4 Å². The summed E-state index contributed by atoms with van der Waals surface area (Å²) in [6.45, 7) is 2.32. The molecule has 1 aromatic carbocycles. The molecule has 0 fully saturated rings. The van der Waals surface area contributed by atoms with E-state index in [2.05, 4.69) is 0 Å². The second-order valence-electron chi connectivity index (χ2n) is 5.62. The number of carbonyl (C=O) groups is 2. The first-order valence-electron chi connectivity index (χ1n) is 7.74. The predicted molar refractivity (Wildman–Crippen MR) is 91.2 cm³/mol. The Kier molecular flexibility index (Phi) is 4.85. The molecular formula is C18H19NO4S. The zero-order valence-corrected chi connectivity index (χ0v) is 14.5. The van der Waals surface area contributed by atoms with Crippen LogP contribution in [0.1, 0.15) is 22.0 Å². The van der Waals surface area contributed by atoms with Gasteiger partial charge in [-0.25, -0.2) is 4.79 Å². The lowest BCUT2D eigenvalue weighted by atomic mass is 10.00. The number of aryl methyl sites for hydroxylation is 1. The lowest BCUT2D eigenvalue weighted by molar-refractivity contribution is -0.154. The van der Waals surface area contributed by atoms with E-state index < -0.39 is 12.0 Å². The van der Waals surface area contributed by atoms with Crippen LogP contribution in [0.3, 0.4) is 0 Å². The molecule has 24 heavy (non-hydrogen) atoms. The maximum absolute atomic E-state index is 12.6. The molecule has 0 N–H and O–H groups in total. The van der Waals surface area contributed by atoms with Crippen LogP contribution in [0.5, 0.6) is 5.75 Å². The van der Waals surface area contributed by atoms with Gasteiger partial charge in [-0.2, -0.15) is 0 Å². The van der Waals surface area contributed by atoms with Crippen LogP contribution in [0.15, 0.2) is 35.7 Å². The molecule has 0 bridgehead atoms. The number of fused-ring (bicyclic) bond motifs is 1. The number of para-hydroxylation sites is 1. The topological polar surface area (TPSA) is 55.8 Å². The largest absolute Gasteiger partial charge is 0.484 e. The van der Waals surface area contributed by atoms with E-state index in [0.29, 0.717) is 12.3 Å². The standard InChI is InChI=1S/C18H19NO4S/c1-12-5-3-4-6-14(12)23-11-16(20)19-9-7-15-13(8-10-24-15)17(19)18(21)22-2/h3-6,8,10,17H,7,9,11H2,1-2H3. The highest BCUT2D eigenvalue weighted by molar-refractivity contribution is 7.10. The van der Waals surface area contributed by atoms with Gasteiger partial charge in [0.15, 0.2) is 12.6 Å². The first-order valence-corrected chi connectivity index (χ1v) is 8.61. The molecule has 2 heterocycles. The number of nitrogens with zero attached hydrogens (tertiary/aromatic N) is 1. The lowest BCUT2D eigenvalue weighted by Gasteiger charge is -2.33. The summed E-state index contributed by atoms with van der Waals surface area (Å²) in [5.41, 5.74) is 1.83. The molecule has 1 aliphatic rings. The second kappa shape index (κ2) is 7.05. The fourth-order valence-corrected chi connectivity index (χ4v) is 3.80. The SMILES string of the molecule is COC(=O)C1c2ccsc2CCN1C(=O)COc1ccccc1C. The smallest absolute Gasteiger partial charge is 0.333 e. The third-order valence-electron chi connectivity index (χ3n) is 4.16. The summed E-state index contributed by atoms with van der Waals surface area (Å²) in [7, 11) is 1.34. The second-order valence-corrected chi connectivity index (χ2v) is 6.62. The van der Waals surface area contributed by atoms with Gasteiger partial charge in [-0.05, 0) is 42.0 Å². The number of esters is 1. The van der Waals surface area contributed by atoms with E-state index in [-0.39, 0.29) is 12.5 Å². The van der Waals surface area contributed by atoms with Gasteiger partial charge in [-0.3, -0.25) is 4.79 Å². The van der Waals surface area contributed by atoms with E-state index in [0.717, 1.165) is 22.4 Å². The normalized spacial score (nSPS) is 16.4. The monoisotopic (exact) mass is 345 g/mol. The maximum atomic E-state index is 12.6. The molecule has 6 heteroatoms. The van der Waals surface area contributed by atoms with Crippen LogP contribution in [0, 0.1) is 6.92 Å². The van der Waals surface area contributed by atoms with Crippen molar-refractivity contribution in [2.75, 3.05) is 20.3 Å². The van der Waals surface area contributed by atoms with Gasteiger partial charge in [0.1, 0.15) is 5.75 Å². The molecule has 0 saturated carbocycles. The molecule has 1 amide bonds. The van der Waals surface area contributed by atoms with Crippen molar-refractivity contribution in [3.8, 4) is 5.75 Å². The van der Waals surface area contributed by atoms with Gasteiger partial charge in [0.2, 0.25) is 0 Å². The Morgan fingerprint density at radius 3 is 2.83 bits per heavy atom. The van der Waals surface area contributed by atoms with Crippen LogP contribution < -0.4 is 4.74 Å². The molecule has 0 spiro atoms. The van der Waals surface area contributed by atoms with Crippen LogP contribution >= 0.6 is 11.3 Å². The van der Waals surface area contributed by atoms with Gasteiger partial charge in [0.05, 0.1) is 7.11 Å². The van der Waals surface area contributed by atoms with Crippen molar-refractivity contribution >= 4 is 23.2 Å². The molecule has 5 nitrogen and oxygen atoms in total. The van der Waals surface area contributed by atoms with Crippen molar-refractivity contribution in [2.24, 2.45) is 0 Å². The summed E-state index contributed by atoms with van der Waals surface area (Å²) >= 11 is 1.61. The number of hydrogen-bond donors (Lipinski definition) is 0. The Labute approximate surface area is 144 Å². The molecule has 126 valence electrons. The van der Waals surface area contributed by atoms with E-state index in [1.165, 1.54) is 7.11 Å². The summed E-state index contributed by atoms with van der Waals surface area (Å²) in [5.74, 6) is 0.0396. The minimum absolute atomic E-state index is 0.0994. The first-order chi connectivity index (χ1) is 11.6. The highest BCUT2D eigenvalue weighted by Gasteiger charge is 2.37. The number of benzene rings is 1. The van der Waals surface area contributed by atoms with Crippen molar-refractivity contribution < 1.29 is 19.1 Å².